The maximum atomic E-state index is 12.9. The van der Waals surface area contributed by atoms with E-state index in [2.05, 4.69) is 4.72 Å². The zero-order valence-corrected chi connectivity index (χ0v) is 13.1. The van der Waals surface area contributed by atoms with Gasteiger partial charge in [0.25, 0.3) is 0 Å². The van der Waals surface area contributed by atoms with Gasteiger partial charge >= 0.3 is 0 Å². The van der Waals surface area contributed by atoms with Crippen LogP contribution in [0.3, 0.4) is 0 Å². The van der Waals surface area contributed by atoms with Crippen molar-refractivity contribution < 1.29 is 17.6 Å². The highest BCUT2D eigenvalue weighted by molar-refractivity contribution is 7.89. The van der Waals surface area contributed by atoms with Gasteiger partial charge in [-0.3, -0.25) is 4.79 Å². The Hall–Kier alpha value is -1.18. The van der Waals surface area contributed by atoms with Crippen LogP contribution in [0, 0.1) is 5.82 Å². The number of amides is 1. The van der Waals surface area contributed by atoms with Crippen LogP contribution in [-0.4, -0.2) is 38.9 Å². The predicted molar refractivity (Wildman–Crippen MR) is 74.5 cm³/mol. The van der Waals surface area contributed by atoms with Crippen molar-refractivity contribution in [1.82, 2.24) is 9.62 Å². The molecule has 1 rings (SSSR count). The van der Waals surface area contributed by atoms with Crippen molar-refractivity contribution in [1.29, 1.82) is 0 Å². The van der Waals surface area contributed by atoms with E-state index in [1.54, 1.807) is 0 Å². The number of rotatable bonds is 4. The highest BCUT2D eigenvalue weighted by atomic mass is 35.5. The van der Waals surface area contributed by atoms with E-state index < -0.39 is 27.3 Å². The summed E-state index contributed by atoms with van der Waals surface area (Å²) in [6.45, 7) is 2.87. The van der Waals surface area contributed by atoms with E-state index in [-0.39, 0.29) is 9.92 Å². The van der Waals surface area contributed by atoms with E-state index in [9.17, 15) is 17.6 Å². The molecular weight excluding hydrogens is 307 g/mol. The minimum absolute atomic E-state index is 0.245. The summed E-state index contributed by atoms with van der Waals surface area (Å²) in [5, 5.41) is -0.245. The third kappa shape index (κ3) is 3.68. The van der Waals surface area contributed by atoms with Crippen molar-refractivity contribution in [3.63, 3.8) is 0 Å². The molecule has 1 aromatic rings. The second kappa shape index (κ2) is 5.67. The first kappa shape index (κ1) is 16.9. The van der Waals surface area contributed by atoms with Gasteiger partial charge in [-0.25, -0.2) is 12.8 Å². The lowest BCUT2D eigenvalue weighted by Crippen LogP contribution is -2.54. The molecule has 0 heterocycles. The molecule has 0 bridgehead atoms. The number of likely N-dealkylation sites (N-methyl/N-ethyl adjacent to an activating group) is 1. The second-order valence-electron chi connectivity index (χ2n) is 5.00. The van der Waals surface area contributed by atoms with Gasteiger partial charge in [0.2, 0.25) is 15.9 Å². The van der Waals surface area contributed by atoms with Crippen LogP contribution < -0.4 is 4.72 Å². The molecule has 1 amide bonds. The Morgan fingerprint density at radius 2 is 1.90 bits per heavy atom. The summed E-state index contributed by atoms with van der Waals surface area (Å²) in [5.41, 5.74) is -1.35. The number of carbonyl (C=O) groups excluding carboxylic acids is 1. The van der Waals surface area contributed by atoms with Crippen molar-refractivity contribution >= 4 is 27.5 Å². The highest BCUT2D eigenvalue weighted by Gasteiger charge is 2.35. The number of halogens is 2. The van der Waals surface area contributed by atoms with Crippen LogP contribution in [0.4, 0.5) is 4.39 Å². The number of nitrogens with zero attached hydrogens (tertiary/aromatic N) is 1. The number of hydrogen-bond donors (Lipinski definition) is 1. The zero-order valence-electron chi connectivity index (χ0n) is 11.6. The first-order valence-corrected chi connectivity index (χ1v) is 7.54. The molecule has 0 radical (unpaired) electrons. The summed E-state index contributed by atoms with van der Waals surface area (Å²) in [4.78, 5) is 12.9. The minimum Gasteiger partial charge on any atom is -0.347 e. The Kier molecular flexibility index (Phi) is 4.78. The first-order chi connectivity index (χ1) is 8.97. The smallest absolute Gasteiger partial charge is 0.243 e. The molecule has 0 atom stereocenters. The fourth-order valence-electron chi connectivity index (χ4n) is 1.69. The Balaban J connectivity index is 3.16. The number of sulfonamides is 1. The largest absolute Gasteiger partial charge is 0.347 e. The van der Waals surface area contributed by atoms with Crippen LogP contribution in [0.15, 0.2) is 23.1 Å². The lowest BCUT2D eigenvalue weighted by atomic mass is 10.1. The number of benzene rings is 1. The van der Waals surface area contributed by atoms with Crippen molar-refractivity contribution in [3.8, 4) is 0 Å². The Labute approximate surface area is 122 Å². The van der Waals surface area contributed by atoms with Gasteiger partial charge < -0.3 is 4.90 Å². The summed E-state index contributed by atoms with van der Waals surface area (Å²) in [7, 11) is -1.01. The topological polar surface area (TPSA) is 66.5 Å². The zero-order chi connectivity index (χ0) is 15.7. The molecule has 0 aliphatic rings. The molecule has 0 aliphatic heterocycles. The van der Waals surface area contributed by atoms with Gasteiger partial charge in [-0.1, -0.05) is 11.6 Å². The van der Waals surface area contributed by atoms with E-state index >= 15 is 0 Å². The molecule has 0 aliphatic carbocycles. The van der Waals surface area contributed by atoms with Crippen LogP contribution in [0.1, 0.15) is 13.8 Å². The summed E-state index contributed by atoms with van der Waals surface area (Å²) in [6.07, 6.45) is 0. The molecule has 0 fully saturated rings. The number of nitrogens with one attached hydrogen (secondary N) is 1. The quantitative estimate of drug-likeness (QED) is 0.916. The molecule has 112 valence electrons. The number of carbonyl (C=O) groups is 1. The van der Waals surface area contributed by atoms with E-state index in [1.807, 2.05) is 0 Å². The summed E-state index contributed by atoms with van der Waals surface area (Å²) >= 11 is 5.73. The molecule has 0 aromatic heterocycles. The molecule has 0 spiro atoms. The maximum absolute atomic E-state index is 12.9. The fraction of sp³-hybridized carbons (Fsp3) is 0.417. The van der Waals surface area contributed by atoms with Crippen molar-refractivity contribution in [2.45, 2.75) is 24.3 Å². The third-order valence-electron chi connectivity index (χ3n) is 2.51. The highest BCUT2D eigenvalue weighted by Crippen LogP contribution is 2.23. The molecule has 1 N–H and O–H groups in total. The van der Waals surface area contributed by atoms with Gasteiger partial charge in [-0.05, 0) is 32.0 Å². The molecule has 1 aromatic carbocycles. The Bertz CT molecular complexity index is 630. The van der Waals surface area contributed by atoms with Crippen molar-refractivity contribution in [2.75, 3.05) is 14.1 Å². The molecule has 0 saturated heterocycles. The average molecular weight is 323 g/mol. The lowest BCUT2D eigenvalue weighted by molar-refractivity contribution is -0.133. The van der Waals surface area contributed by atoms with Crippen LogP contribution in [0.5, 0.6) is 0 Å². The maximum Gasteiger partial charge on any atom is 0.243 e. The summed E-state index contributed by atoms with van der Waals surface area (Å²) < 4.78 is 39.6. The summed E-state index contributed by atoms with van der Waals surface area (Å²) in [6, 6.07) is 2.94. The van der Waals surface area contributed by atoms with E-state index in [0.29, 0.717) is 0 Å². The monoisotopic (exact) mass is 322 g/mol. The van der Waals surface area contributed by atoms with Gasteiger partial charge in [0, 0.05) is 14.1 Å². The van der Waals surface area contributed by atoms with Crippen LogP contribution >= 0.6 is 11.6 Å². The number of hydrogen-bond acceptors (Lipinski definition) is 3. The molecule has 0 saturated carbocycles. The SMILES string of the molecule is CN(C)C(=O)C(C)(C)NS(=O)(=O)c1ccc(F)cc1Cl. The van der Waals surface area contributed by atoms with E-state index in [1.165, 1.54) is 32.8 Å². The third-order valence-corrected chi connectivity index (χ3v) is 4.65. The summed E-state index contributed by atoms with van der Waals surface area (Å²) in [5.74, 6) is -1.06. The molecule has 20 heavy (non-hydrogen) atoms. The molecular formula is C12H16ClFN2O3S. The van der Waals surface area contributed by atoms with Crippen molar-refractivity contribution in [3.05, 3.63) is 29.0 Å². The van der Waals surface area contributed by atoms with E-state index in [0.717, 1.165) is 18.2 Å². The lowest BCUT2D eigenvalue weighted by Gasteiger charge is -2.28. The molecule has 5 nitrogen and oxygen atoms in total. The van der Waals surface area contributed by atoms with Gasteiger partial charge in [-0.2, -0.15) is 4.72 Å². The normalized spacial score (nSPS) is 12.3. The average Bonchev–Trinajstić information content (AvgIpc) is 2.25. The predicted octanol–water partition coefficient (Wildman–Crippen LogP) is 1.62. The van der Waals surface area contributed by atoms with Crippen molar-refractivity contribution in [2.24, 2.45) is 0 Å². The first-order valence-electron chi connectivity index (χ1n) is 5.68. The van der Waals surface area contributed by atoms with Crippen LogP contribution in [-0.2, 0) is 14.8 Å². The molecule has 8 heteroatoms. The van der Waals surface area contributed by atoms with Gasteiger partial charge in [0.15, 0.2) is 0 Å². The van der Waals surface area contributed by atoms with Gasteiger partial charge in [0.05, 0.1) is 5.02 Å². The van der Waals surface area contributed by atoms with E-state index in [4.69, 9.17) is 11.6 Å². The van der Waals surface area contributed by atoms with Gasteiger partial charge in [0.1, 0.15) is 16.3 Å². The Morgan fingerprint density at radius 1 is 1.35 bits per heavy atom. The Morgan fingerprint density at radius 3 is 2.35 bits per heavy atom. The van der Waals surface area contributed by atoms with Gasteiger partial charge in [-0.15, -0.1) is 0 Å². The minimum atomic E-state index is -4.04. The van der Waals surface area contributed by atoms with Crippen LogP contribution in [0.2, 0.25) is 5.02 Å². The fourth-order valence-corrected chi connectivity index (χ4v) is 3.59. The molecule has 0 unspecified atom stereocenters. The van der Waals surface area contributed by atoms with Crippen LogP contribution in [0.25, 0.3) is 0 Å². The standard InChI is InChI=1S/C12H16ClFN2O3S/c1-12(2,11(17)16(3)4)15-20(18,19)10-6-5-8(14)7-9(10)13/h5-7,15H,1-4H3. The second-order valence-corrected chi connectivity index (χ2v) is 7.06.